The van der Waals surface area contributed by atoms with Crippen LogP contribution < -0.4 is 0 Å². The Kier molecular flexibility index (Phi) is 6.55. The Morgan fingerprint density at radius 1 is 1.29 bits per heavy atom. The van der Waals surface area contributed by atoms with Crippen LogP contribution in [0.5, 0.6) is 0 Å². The van der Waals surface area contributed by atoms with Crippen LogP contribution in [-0.2, 0) is 0 Å². The summed E-state index contributed by atoms with van der Waals surface area (Å²) in [5.41, 5.74) is 0.392. The highest BCUT2D eigenvalue weighted by Crippen LogP contribution is 2.37. The van der Waals surface area contributed by atoms with Gasteiger partial charge in [-0.25, -0.2) is 4.98 Å². The highest BCUT2D eigenvalue weighted by Gasteiger charge is 2.27. The maximum atomic E-state index is 4.35. The Bertz CT molecular complexity index is 321. The van der Waals surface area contributed by atoms with Gasteiger partial charge in [-0.3, -0.25) is 5.10 Å². The van der Waals surface area contributed by atoms with Gasteiger partial charge in [-0.05, 0) is 25.2 Å². The van der Waals surface area contributed by atoms with Crippen molar-refractivity contribution in [3.8, 4) is 0 Å². The van der Waals surface area contributed by atoms with Crippen molar-refractivity contribution in [2.75, 3.05) is 11.1 Å². The van der Waals surface area contributed by atoms with Crippen molar-refractivity contribution in [1.82, 2.24) is 15.2 Å². The molecule has 0 saturated carbocycles. The Labute approximate surface area is 117 Å². The molecule has 0 atom stereocenters. The Morgan fingerprint density at radius 3 is 2.35 bits per heavy atom. The van der Waals surface area contributed by atoms with Gasteiger partial charge in [0.25, 0.3) is 0 Å². The third-order valence-corrected chi connectivity index (χ3v) is 5.32. The zero-order valence-electron chi connectivity index (χ0n) is 10.9. The van der Waals surface area contributed by atoms with E-state index in [1.807, 2.05) is 6.92 Å². The highest BCUT2D eigenvalue weighted by atomic mass is 79.9. The molecule has 0 aromatic carbocycles. The Hall–Kier alpha value is -0.0300. The molecule has 0 radical (unpaired) electrons. The molecule has 98 valence electrons. The van der Waals surface area contributed by atoms with E-state index in [0.29, 0.717) is 5.41 Å². The molecule has 1 aromatic heterocycles. The fourth-order valence-electron chi connectivity index (χ4n) is 2.11. The van der Waals surface area contributed by atoms with Crippen molar-refractivity contribution in [2.24, 2.45) is 5.41 Å². The summed E-state index contributed by atoms with van der Waals surface area (Å²) < 4.78 is 0. The van der Waals surface area contributed by atoms with Crippen LogP contribution in [-0.4, -0.2) is 26.3 Å². The average Bonchev–Trinajstić information content (AvgIpc) is 2.73. The van der Waals surface area contributed by atoms with E-state index < -0.39 is 0 Å². The van der Waals surface area contributed by atoms with Crippen molar-refractivity contribution >= 4 is 27.7 Å². The van der Waals surface area contributed by atoms with Crippen molar-refractivity contribution in [2.45, 2.75) is 51.6 Å². The summed E-state index contributed by atoms with van der Waals surface area (Å²) in [4.78, 5) is 4.35. The van der Waals surface area contributed by atoms with Crippen molar-refractivity contribution < 1.29 is 0 Å². The molecule has 0 aliphatic rings. The molecule has 0 spiro atoms. The van der Waals surface area contributed by atoms with Crippen LogP contribution in [0.15, 0.2) is 5.16 Å². The number of halogens is 1. The molecule has 0 fully saturated rings. The van der Waals surface area contributed by atoms with Crippen LogP contribution in [0, 0.1) is 12.3 Å². The van der Waals surface area contributed by atoms with E-state index in [1.54, 1.807) is 11.8 Å². The van der Waals surface area contributed by atoms with Gasteiger partial charge >= 0.3 is 0 Å². The van der Waals surface area contributed by atoms with Crippen LogP contribution in [0.1, 0.15) is 45.4 Å². The molecule has 1 rings (SSSR count). The topological polar surface area (TPSA) is 41.6 Å². The van der Waals surface area contributed by atoms with E-state index >= 15 is 0 Å². The first-order valence-electron chi connectivity index (χ1n) is 6.23. The third-order valence-electron chi connectivity index (χ3n) is 2.93. The molecule has 1 N–H and O–H groups in total. The van der Waals surface area contributed by atoms with Gasteiger partial charge in [-0.15, -0.1) is 5.10 Å². The van der Waals surface area contributed by atoms with Gasteiger partial charge in [0.2, 0.25) is 5.16 Å². The van der Waals surface area contributed by atoms with Gasteiger partial charge in [0, 0.05) is 11.1 Å². The molecule has 0 unspecified atom stereocenters. The fourth-order valence-corrected chi connectivity index (χ4v) is 4.27. The molecule has 0 amide bonds. The number of thioether (sulfide) groups is 1. The van der Waals surface area contributed by atoms with Crippen LogP contribution in [0.2, 0.25) is 0 Å². The van der Waals surface area contributed by atoms with Crippen LogP contribution in [0.3, 0.4) is 0 Å². The summed E-state index contributed by atoms with van der Waals surface area (Å²) in [5, 5.41) is 9.02. The van der Waals surface area contributed by atoms with Crippen molar-refractivity contribution in [1.29, 1.82) is 0 Å². The summed E-state index contributed by atoms with van der Waals surface area (Å²) in [6.07, 6.45) is 5.00. The summed E-state index contributed by atoms with van der Waals surface area (Å²) >= 11 is 5.46. The molecule has 0 bridgehead atoms. The predicted molar refractivity (Wildman–Crippen MR) is 77.9 cm³/mol. The standard InChI is InChI=1S/C12H22BrN3S/c1-4-6-12(8-13,7-5-2)9-17-11-14-10(3)15-16-11/h4-9H2,1-3H3,(H,14,15,16). The zero-order valence-corrected chi connectivity index (χ0v) is 13.3. The molecule has 1 aromatic rings. The largest absolute Gasteiger partial charge is 0.262 e. The lowest BCUT2D eigenvalue weighted by Crippen LogP contribution is -2.25. The van der Waals surface area contributed by atoms with Crippen molar-refractivity contribution in [3.05, 3.63) is 5.82 Å². The van der Waals surface area contributed by atoms with Gasteiger partial charge in [-0.1, -0.05) is 54.4 Å². The number of hydrogen-bond acceptors (Lipinski definition) is 3. The third kappa shape index (κ3) is 4.62. The Morgan fingerprint density at radius 2 is 1.94 bits per heavy atom. The smallest absolute Gasteiger partial charge is 0.208 e. The monoisotopic (exact) mass is 319 g/mol. The minimum Gasteiger partial charge on any atom is -0.262 e. The number of nitrogens with one attached hydrogen (secondary N) is 1. The van der Waals surface area contributed by atoms with E-state index in [1.165, 1.54) is 25.7 Å². The predicted octanol–water partition coefficient (Wildman–Crippen LogP) is 4.19. The first kappa shape index (κ1) is 15.0. The summed E-state index contributed by atoms with van der Waals surface area (Å²) in [7, 11) is 0. The molecule has 0 saturated heterocycles. The minimum atomic E-state index is 0.392. The van der Waals surface area contributed by atoms with E-state index in [-0.39, 0.29) is 0 Å². The van der Waals surface area contributed by atoms with Gasteiger partial charge in [0.1, 0.15) is 5.82 Å². The SMILES string of the molecule is CCCC(CBr)(CCC)CSc1n[nH]c(C)n1. The van der Waals surface area contributed by atoms with E-state index in [0.717, 1.165) is 22.1 Å². The second kappa shape index (κ2) is 7.41. The number of H-pyrrole nitrogens is 1. The molecule has 1 heterocycles. The fraction of sp³-hybridized carbons (Fsp3) is 0.833. The number of aromatic amines is 1. The van der Waals surface area contributed by atoms with Gasteiger partial charge in [0.05, 0.1) is 0 Å². The van der Waals surface area contributed by atoms with Crippen LogP contribution >= 0.6 is 27.7 Å². The number of aryl methyl sites for hydroxylation is 1. The van der Waals surface area contributed by atoms with Gasteiger partial charge in [0.15, 0.2) is 0 Å². The molecule has 3 nitrogen and oxygen atoms in total. The number of alkyl halides is 1. The van der Waals surface area contributed by atoms with Crippen molar-refractivity contribution in [3.63, 3.8) is 0 Å². The molecule has 0 aliphatic heterocycles. The molecule has 0 aliphatic carbocycles. The van der Waals surface area contributed by atoms with E-state index in [2.05, 4.69) is 45.0 Å². The first-order valence-corrected chi connectivity index (χ1v) is 8.34. The maximum Gasteiger partial charge on any atom is 0.208 e. The minimum absolute atomic E-state index is 0.392. The molecular formula is C12H22BrN3S. The number of rotatable bonds is 8. The van der Waals surface area contributed by atoms with E-state index in [4.69, 9.17) is 0 Å². The molecule has 17 heavy (non-hydrogen) atoms. The average molecular weight is 320 g/mol. The number of aromatic nitrogens is 3. The van der Waals surface area contributed by atoms with Gasteiger partial charge in [-0.2, -0.15) is 0 Å². The van der Waals surface area contributed by atoms with Crippen LogP contribution in [0.25, 0.3) is 0 Å². The lowest BCUT2D eigenvalue weighted by Gasteiger charge is -2.30. The van der Waals surface area contributed by atoms with E-state index in [9.17, 15) is 0 Å². The second-order valence-corrected chi connectivity index (χ2v) is 6.13. The maximum absolute atomic E-state index is 4.35. The Balaban J connectivity index is 2.59. The first-order chi connectivity index (χ1) is 8.15. The molecular weight excluding hydrogens is 298 g/mol. The van der Waals surface area contributed by atoms with Gasteiger partial charge < -0.3 is 0 Å². The highest BCUT2D eigenvalue weighted by molar-refractivity contribution is 9.09. The number of hydrogen-bond donors (Lipinski definition) is 1. The second-order valence-electron chi connectivity index (χ2n) is 4.63. The lowest BCUT2D eigenvalue weighted by molar-refractivity contribution is 0.320. The number of nitrogens with zero attached hydrogens (tertiary/aromatic N) is 2. The van der Waals surface area contributed by atoms with Crippen LogP contribution in [0.4, 0.5) is 0 Å². The quantitative estimate of drug-likeness (QED) is 0.577. The molecule has 5 heteroatoms. The summed E-state index contributed by atoms with van der Waals surface area (Å²) in [6, 6.07) is 0. The summed E-state index contributed by atoms with van der Waals surface area (Å²) in [6.45, 7) is 6.45. The zero-order chi connectivity index (χ0) is 12.7. The summed E-state index contributed by atoms with van der Waals surface area (Å²) in [5.74, 6) is 1.99. The lowest BCUT2D eigenvalue weighted by atomic mass is 9.83. The normalized spacial score (nSPS) is 12.0.